The number of nitrogens with one attached hydrogen (secondary N) is 1. The maximum atomic E-state index is 12.6. The molecule has 2 rings (SSSR count). The van der Waals surface area contributed by atoms with Gasteiger partial charge in [-0.1, -0.05) is 24.6 Å². The Labute approximate surface area is 138 Å². The standard InChI is InChI=1S/C16H25N3O3S/c1-3-8-17-16(20)13-18-9-11-19(12-10-18)23(21,22)15-6-4-14(2)5-7-15/h4-7H,3,8-13H2,1-2H3,(H,17,20). The molecule has 0 radical (unpaired) electrons. The molecule has 1 aliphatic heterocycles. The lowest BCUT2D eigenvalue weighted by Gasteiger charge is -2.33. The average Bonchev–Trinajstić information content (AvgIpc) is 2.54. The van der Waals surface area contributed by atoms with Crippen LogP contribution < -0.4 is 5.32 Å². The quantitative estimate of drug-likeness (QED) is 0.833. The summed E-state index contributed by atoms with van der Waals surface area (Å²) in [7, 11) is -3.44. The molecule has 1 heterocycles. The zero-order valence-electron chi connectivity index (χ0n) is 13.8. The van der Waals surface area contributed by atoms with Crippen molar-refractivity contribution in [3.8, 4) is 0 Å². The molecule has 0 saturated carbocycles. The average molecular weight is 339 g/mol. The third-order valence-electron chi connectivity index (χ3n) is 3.93. The smallest absolute Gasteiger partial charge is 0.243 e. The van der Waals surface area contributed by atoms with E-state index in [1.54, 1.807) is 24.3 Å². The molecule has 1 aromatic carbocycles. The van der Waals surface area contributed by atoms with E-state index in [1.165, 1.54) is 4.31 Å². The number of piperazine rings is 1. The van der Waals surface area contributed by atoms with Crippen molar-refractivity contribution in [2.75, 3.05) is 39.3 Å². The number of benzene rings is 1. The minimum Gasteiger partial charge on any atom is -0.355 e. The number of sulfonamides is 1. The monoisotopic (exact) mass is 339 g/mol. The van der Waals surface area contributed by atoms with E-state index in [9.17, 15) is 13.2 Å². The van der Waals surface area contributed by atoms with Gasteiger partial charge in [0.15, 0.2) is 0 Å². The lowest BCUT2D eigenvalue weighted by molar-refractivity contribution is -0.122. The number of carbonyl (C=O) groups is 1. The van der Waals surface area contributed by atoms with E-state index in [0.717, 1.165) is 12.0 Å². The predicted molar refractivity (Wildman–Crippen MR) is 89.7 cm³/mol. The lowest BCUT2D eigenvalue weighted by Crippen LogP contribution is -2.51. The predicted octanol–water partition coefficient (Wildman–Crippen LogP) is 0.828. The number of hydrogen-bond donors (Lipinski definition) is 1. The summed E-state index contributed by atoms with van der Waals surface area (Å²) in [6.45, 7) is 6.93. The van der Waals surface area contributed by atoms with Crippen LogP contribution in [-0.4, -0.2) is 62.8 Å². The van der Waals surface area contributed by atoms with Crippen molar-refractivity contribution in [1.82, 2.24) is 14.5 Å². The molecule has 0 aromatic heterocycles. The zero-order valence-corrected chi connectivity index (χ0v) is 14.6. The van der Waals surface area contributed by atoms with Crippen LogP contribution in [0.1, 0.15) is 18.9 Å². The molecule has 7 heteroatoms. The van der Waals surface area contributed by atoms with Crippen LogP contribution in [0.15, 0.2) is 29.2 Å². The van der Waals surface area contributed by atoms with Gasteiger partial charge in [-0.2, -0.15) is 4.31 Å². The van der Waals surface area contributed by atoms with Crippen molar-refractivity contribution in [1.29, 1.82) is 0 Å². The van der Waals surface area contributed by atoms with Crippen molar-refractivity contribution in [3.05, 3.63) is 29.8 Å². The molecule has 1 saturated heterocycles. The second-order valence-electron chi connectivity index (χ2n) is 5.84. The fourth-order valence-electron chi connectivity index (χ4n) is 2.51. The van der Waals surface area contributed by atoms with Gasteiger partial charge in [0.05, 0.1) is 11.4 Å². The second kappa shape index (κ2) is 7.90. The van der Waals surface area contributed by atoms with E-state index in [0.29, 0.717) is 44.2 Å². The summed E-state index contributed by atoms with van der Waals surface area (Å²) < 4.78 is 26.7. The molecule has 6 nitrogen and oxygen atoms in total. The summed E-state index contributed by atoms with van der Waals surface area (Å²) in [5.41, 5.74) is 1.03. The van der Waals surface area contributed by atoms with Gasteiger partial charge in [-0.05, 0) is 25.5 Å². The van der Waals surface area contributed by atoms with Crippen LogP contribution in [0.5, 0.6) is 0 Å². The summed E-state index contributed by atoms with van der Waals surface area (Å²) in [6, 6.07) is 6.91. The fraction of sp³-hybridized carbons (Fsp3) is 0.562. The Morgan fingerprint density at radius 1 is 1.13 bits per heavy atom. The summed E-state index contributed by atoms with van der Waals surface area (Å²) in [6.07, 6.45) is 0.911. The van der Waals surface area contributed by atoms with Crippen LogP contribution in [0.25, 0.3) is 0 Å². The van der Waals surface area contributed by atoms with Crippen LogP contribution in [0.3, 0.4) is 0 Å². The van der Waals surface area contributed by atoms with E-state index in [2.05, 4.69) is 5.32 Å². The number of carbonyl (C=O) groups excluding carboxylic acids is 1. The largest absolute Gasteiger partial charge is 0.355 e. The highest BCUT2D eigenvalue weighted by Gasteiger charge is 2.28. The zero-order chi connectivity index (χ0) is 16.9. The van der Waals surface area contributed by atoms with Gasteiger partial charge in [0.1, 0.15) is 0 Å². The SMILES string of the molecule is CCCNC(=O)CN1CCN(S(=O)(=O)c2ccc(C)cc2)CC1. The van der Waals surface area contributed by atoms with Gasteiger partial charge in [-0.15, -0.1) is 0 Å². The number of aryl methyl sites for hydroxylation is 1. The number of rotatable bonds is 6. The van der Waals surface area contributed by atoms with E-state index in [-0.39, 0.29) is 5.91 Å². The normalized spacial score (nSPS) is 17.1. The topological polar surface area (TPSA) is 69.7 Å². The summed E-state index contributed by atoms with van der Waals surface area (Å²) in [5, 5.41) is 2.84. The Kier molecular flexibility index (Phi) is 6.15. The molecule has 1 aliphatic rings. The fourth-order valence-corrected chi connectivity index (χ4v) is 3.93. The van der Waals surface area contributed by atoms with Gasteiger partial charge in [-0.3, -0.25) is 9.69 Å². The third-order valence-corrected chi connectivity index (χ3v) is 5.84. The highest BCUT2D eigenvalue weighted by atomic mass is 32.2. The molecule has 1 N–H and O–H groups in total. The Morgan fingerprint density at radius 2 is 1.74 bits per heavy atom. The van der Waals surface area contributed by atoms with Gasteiger partial charge in [0, 0.05) is 32.7 Å². The van der Waals surface area contributed by atoms with Gasteiger partial charge in [0.2, 0.25) is 15.9 Å². The van der Waals surface area contributed by atoms with Crippen LogP contribution in [0.4, 0.5) is 0 Å². The Morgan fingerprint density at radius 3 is 2.30 bits per heavy atom. The molecule has 0 unspecified atom stereocenters. The Bertz CT molecular complexity index is 620. The van der Waals surface area contributed by atoms with Crippen LogP contribution in [-0.2, 0) is 14.8 Å². The number of nitrogens with zero attached hydrogens (tertiary/aromatic N) is 2. The van der Waals surface area contributed by atoms with E-state index >= 15 is 0 Å². The van der Waals surface area contributed by atoms with Crippen LogP contribution in [0.2, 0.25) is 0 Å². The van der Waals surface area contributed by atoms with Crippen molar-refractivity contribution in [2.24, 2.45) is 0 Å². The van der Waals surface area contributed by atoms with Gasteiger partial charge in [0.25, 0.3) is 0 Å². The van der Waals surface area contributed by atoms with Crippen LogP contribution >= 0.6 is 0 Å². The van der Waals surface area contributed by atoms with E-state index in [4.69, 9.17) is 0 Å². The van der Waals surface area contributed by atoms with Gasteiger partial charge >= 0.3 is 0 Å². The minimum atomic E-state index is -3.44. The first-order valence-electron chi connectivity index (χ1n) is 7.99. The second-order valence-corrected chi connectivity index (χ2v) is 7.78. The molecule has 0 atom stereocenters. The minimum absolute atomic E-state index is 0.00157. The van der Waals surface area contributed by atoms with Crippen LogP contribution in [0, 0.1) is 6.92 Å². The van der Waals surface area contributed by atoms with Crippen molar-refractivity contribution >= 4 is 15.9 Å². The highest BCUT2D eigenvalue weighted by molar-refractivity contribution is 7.89. The molecule has 23 heavy (non-hydrogen) atoms. The number of amides is 1. The van der Waals surface area contributed by atoms with Crippen molar-refractivity contribution in [2.45, 2.75) is 25.2 Å². The molecule has 1 aromatic rings. The Hall–Kier alpha value is -1.44. The molecule has 128 valence electrons. The van der Waals surface area contributed by atoms with E-state index < -0.39 is 10.0 Å². The first kappa shape index (κ1) is 17.9. The van der Waals surface area contributed by atoms with Gasteiger partial charge in [-0.25, -0.2) is 8.42 Å². The molecular formula is C16H25N3O3S. The molecule has 0 spiro atoms. The maximum absolute atomic E-state index is 12.6. The lowest BCUT2D eigenvalue weighted by atomic mass is 10.2. The highest BCUT2D eigenvalue weighted by Crippen LogP contribution is 2.18. The maximum Gasteiger partial charge on any atom is 0.243 e. The molecule has 1 amide bonds. The number of hydrogen-bond acceptors (Lipinski definition) is 4. The molecule has 1 fully saturated rings. The third kappa shape index (κ3) is 4.76. The van der Waals surface area contributed by atoms with Gasteiger partial charge < -0.3 is 5.32 Å². The summed E-state index contributed by atoms with van der Waals surface area (Å²) >= 11 is 0. The summed E-state index contributed by atoms with van der Waals surface area (Å²) in [4.78, 5) is 14.0. The first-order valence-corrected chi connectivity index (χ1v) is 9.43. The molecule has 0 aliphatic carbocycles. The van der Waals surface area contributed by atoms with Crippen molar-refractivity contribution in [3.63, 3.8) is 0 Å². The van der Waals surface area contributed by atoms with E-state index in [1.807, 2.05) is 18.7 Å². The first-order chi connectivity index (χ1) is 10.9. The Balaban J connectivity index is 1.91. The van der Waals surface area contributed by atoms with Crippen molar-refractivity contribution < 1.29 is 13.2 Å². The molecular weight excluding hydrogens is 314 g/mol. The summed E-state index contributed by atoms with van der Waals surface area (Å²) in [5.74, 6) is 0.00157. The molecule has 0 bridgehead atoms.